The molecule has 0 radical (unpaired) electrons. The highest BCUT2D eigenvalue weighted by Crippen LogP contribution is 2.19. The Morgan fingerprint density at radius 2 is 2.25 bits per heavy atom. The number of aryl methyl sites for hydroxylation is 1. The van der Waals surface area contributed by atoms with Crippen LogP contribution in [0.4, 0.5) is 4.39 Å². The summed E-state index contributed by atoms with van der Waals surface area (Å²) in [6.45, 7) is 1.84. The van der Waals surface area contributed by atoms with Gasteiger partial charge >= 0.3 is 0 Å². The van der Waals surface area contributed by atoms with Crippen molar-refractivity contribution in [1.82, 2.24) is 0 Å². The summed E-state index contributed by atoms with van der Waals surface area (Å²) < 4.78 is 13.0. The van der Waals surface area contributed by atoms with Crippen LogP contribution >= 0.6 is 11.6 Å². The molecule has 3 heteroatoms. The summed E-state index contributed by atoms with van der Waals surface area (Å²) in [6.07, 6.45) is -0.911. The number of alkyl halides is 1. The average molecular weight is 189 g/mol. The smallest absolute Gasteiger partial charge is 0.129 e. The van der Waals surface area contributed by atoms with E-state index < -0.39 is 11.9 Å². The highest BCUT2D eigenvalue weighted by atomic mass is 35.5. The van der Waals surface area contributed by atoms with Crippen LogP contribution in [0.1, 0.15) is 17.2 Å². The first kappa shape index (κ1) is 9.49. The van der Waals surface area contributed by atoms with E-state index in [0.29, 0.717) is 0 Å². The highest BCUT2D eigenvalue weighted by Gasteiger charge is 2.10. The van der Waals surface area contributed by atoms with Gasteiger partial charge in [0.15, 0.2) is 0 Å². The van der Waals surface area contributed by atoms with E-state index in [9.17, 15) is 9.50 Å². The van der Waals surface area contributed by atoms with Gasteiger partial charge in [0, 0.05) is 5.56 Å². The Morgan fingerprint density at radius 1 is 1.58 bits per heavy atom. The summed E-state index contributed by atoms with van der Waals surface area (Å²) in [5.74, 6) is -0.394. The molecule has 0 aliphatic rings. The predicted octanol–water partition coefficient (Wildman–Crippen LogP) is 2.41. The Kier molecular flexibility index (Phi) is 3.06. The van der Waals surface area contributed by atoms with Gasteiger partial charge in [0.2, 0.25) is 0 Å². The first-order valence-corrected chi connectivity index (χ1v) is 4.18. The molecule has 1 atom stereocenters. The second kappa shape index (κ2) is 3.87. The number of halogens is 2. The lowest BCUT2D eigenvalue weighted by Gasteiger charge is -2.08. The Bertz CT molecular complexity index is 275. The minimum atomic E-state index is -0.911. The predicted molar refractivity (Wildman–Crippen MR) is 46.8 cm³/mol. The van der Waals surface area contributed by atoms with E-state index in [0.717, 1.165) is 5.56 Å². The average Bonchev–Trinajstić information content (AvgIpc) is 2.08. The van der Waals surface area contributed by atoms with Crippen LogP contribution < -0.4 is 0 Å². The molecule has 0 fully saturated rings. The molecule has 66 valence electrons. The van der Waals surface area contributed by atoms with Crippen LogP contribution in [-0.4, -0.2) is 11.0 Å². The lowest BCUT2D eigenvalue weighted by atomic mass is 10.1. The lowest BCUT2D eigenvalue weighted by molar-refractivity contribution is 0.197. The monoisotopic (exact) mass is 188 g/mol. The molecule has 0 aliphatic heterocycles. The van der Waals surface area contributed by atoms with Gasteiger partial charge in [-0.2, -0.15) is 0 Å². The molecule has 1 N–H and O–H groups in total. The largest absolute Gasteiger partial charge is 0.387 e. The van der Waals surface area contributed by atoms with Gasteiger partial charge in [-0.1, -0.05) is 17.7 Å². The molecule has 0 heterocycles. The molecule has 0 bridgehead atoms. The van der Waals surface area contributed by atoms with Gasteiger partial charge in [-0.25, -0.2) is 4.39 Å². The van der Waals surface area contributed by atoms with Crippen LogP contribution in [0.15, 0.2) is 18.2 Å². The second-order valence-electron chi connectivity index (χ2n) is 2.70. The number of rotatable bonds is 2. The number of aliphatic hydroxyl groups excluding tert-OH is 1. The minimum Gasteiger partial charge on any atom is -0.387 e. The van der Waals surface area contributed by atoms with Crippen molar-refractivity contribution in [2.75, 3.05) is 5.88 Å². The van der Waals surface area contributed by atoms with Crippen molar-refractivity contribution in [2.45, 2.75) is 13.0 Å². The van der Waals surface area contributed by atoms with E-state index in [1.165, 1.54) is 6.07 Å². The van der Waals surface area contributed by atoms with Crippen LogP contribution in [0.5, 0.6) is 0 Å². The third-order valence-electron chi connectivity index (χ3n) is 1.66. The molecule has 1 unspecified atom stereocenters. The Balaban J connectivity index is 3.04. The van der Waals surface area contributed by atoms with E-state index in [1.54, 1.807) is 12.1 Å². The number of hydrogen-bond acceptors (Lipinski definition) is 1. The molecular weight excluding hydrogens is 179 g/mol. The van der Waals surface area contributed by atoms with Gasteiger partial charge in [0.05, 0.1) is 12.0 Å². The summed E-state index contributed by atoms with van der Waals surface area (Å²) in [6, 6.07) is 4.59. The first-order valence-electron chi connectivity index (χ1n) is 3.65. The van der Waals surface area contributed by atoms with E-state index >= 15 is 0 Å². The van der Waals surface area contributed by atoms with Gasteiger partial charge in [-0.05, 0) is 13.0 Å². The van der Waals surface area contributed by atoms with Gasteiger partial charge in [-0.3, -0.25) is 0 Å². The van der Waals surface area contributed by atoms with Gasteiger partial charge < -0.3 is 5.11 Å². The number of aliphatic hydroxyl groups is 1. The fourth-order valence-electron chi connectivity index (χ4n) is 1.00. The molecule has 1 aromatic carbocycles. The molecule has 1 rings (SSSR count). The fourth-order valence-corrected chi connectivity index (χ4v) is 1.17. The van der Waals surface area contributed by atoms with Crippen LogP contribution in [0.3, 0.4) is 0 Å². The Morgan fingerprint density at radius 3 is 2.83 bits per heavy atom. The lowest BCUT2D eigenvalue weighted by Crippen LogP contribution is -2.02. The van der Waals surface area contributed by atoms with Crippen molar-refractivity contribution in [2.24, 2.45) is 0 Å². The molecule has 0 saturated carbocycles. The summed E-state index contributed by atoms with van der Waals surface area (Å²) in [4.78, 5) is 0. The van der Waals surface area contributed by atoms with E-state index in [-0.39, 0.29) is 11.4 Å². The van der Waals surface area contributed by atoms with Crippen LogP contribution in [-0.2, 0) is 0 Å². The van der Waals surface area contributed by atoms with Gasteiger partial charge in [-0.15, -0.1) is 11.6 Å². The van der Waals surface area contributed by atoms with Crippen molar-refractivity contribution >= 4 is 11.6 Å². The molecule has 1 aromatic rings. The fraction of sp³-hybridized carbons (Fsp3) is 0.333. The minimum absolute atomic E-state index is 0.0143. The number of benzene rings is 1. The zero-order valence-electron chi connectivity index (χ0n) is 6.72. The molecular formula is C9H10ClFO. The standard InChI is InChI=1S/C9H10ClFO/c1-6-2-3-8(11)7(4-6)9(12)5-10/h2-4,9,12H,5H2,1H3. The van der Waals surface area contributed by atoms with Crippen LogP contribution in [0, 0.1) is 12.7 Å². The third kappa shape index (κ3) is 1.96. The summed E-state index contributed by atoms with van der Waals surface area (Å²) in [7, 11) is 0. The zero-order chi connectivity index (χ0) is 9.14. The topological polar surface area (TPSA) is 20.2 Å². The molecule has 0 spiro atoms. The maximum atomic E-state index is 13.0. The van der Waals surface area contributed by atoms with E-state index in [2.05, 4.69) is 0 Å². The quantitative estimate of drug-likeness (QED) is 0.707. The molecule has 0 amide bonds. The van der Waals surface area contributed by atoms with Crippen molar-refractivity contribution in [3.8, 4) is 0 Å². The normalized spacial score (nSPS) is 13.0. The second-order valence-corrected chi connectivity index (χ2v) is 3.00. The van der Waals surface area contributed by atoms with Crippen molar-refractivity contribution in [3.63, 3.8) is 0 Å². The van der Waals surface area contributed by atoms with Crippen molar-refractivity contribution in [1.29, 1.82) is 0 Å². The molecule has 0 aromatic heterocycles. The summed E-state index contributed by atoms with van der Waals surface area (Å²) in [5, 5.41) is 9.26. The molecule has 0 aliphatic carbocycles. The van der Waals surface area contributed by atoms with Crippen LogP contribution in [0.2, 0.25) is 0 Å². The third-order valence-corrected chi connectivity index (χ3v) is 1.95. The molecule has 12 heavy (non-hydrogen) atoms. The maximum absolute atomic E-state index is 13.0. The van der Waals surface area contributed by atoms with Gasteiger partial charge in [0.1, 0.15) is 5.82 Å². The zero-order valence-corrected chi connectivity index (χ0v) is 7.48. The SMILES string of the molecule is Cc1ccc(F)c(C(O)CCl)c1. The molecule has 0 saturated heterocycles. The highest BCUT2D eigenvalue weighted by molar-refractivity contribution is 6.18. The van der Waals surface area contributed by atoms with E-state index in [4.69, 9.17) is 11.6 Å². The maximum Gasteiger partial charge on any atom is 0.129 e. The first-order chi connectivity index (χ1) is 5.65. The van der Waals surface area contributed by atoms with Crippen LogP contribution in [0.25, 0.3) is 0 Å². The van der Waals surface area contributed by atoms with Crippen molar-refractivity contribution in [3.05, 3.63) is 35.1 Å². The Labute approximate surface area is 75.8 Å². The molecule has 1 nitrogen and oxygen atoms in total. The van der Waals surface area contributed by atoms with Crippen molar-refractivity contribution < 1.29 is 9.50 Å². The summed E-state index contributed by atoms with van der Waals surface area (Å²) >= 11 is 5.39. The van der Waals surface area contributed by atoms with Gasteiger partial charge in [0.25, 0.3) is 0 Å². The van der Waals surface area contributed by atoms with E-state index in [1.807, 2.05) is 6.92 Å². The summed E-state index contributed by atoms with van der Waals surface area (Å²) in [5.41, 5.74) is 1.18. The number of hydrogen-bond donors (Lipinski definition) is 1. The Hall–Kier alpha value is -0.600.